The summed E-state index contributed by atoms with van der Waals surface area (Å²) in [5, 5.41) is 0. The Bertz CT molecular complexity index is 1220. The number of aromatic nitrogens is 2. The van der Waals surface area contributed by atoms with Gasteiger partial charge in [0.2, 0.25) is 0 Å². The average Bonchev–Trinajstić information content (AvgIpc) is 3.36. The van der Waals surface area contributed by atoms with Gasteiger partial charge in [-0.1, -0.05) is 6.07 Å². The van der Waals surface area contributed by atoms with E-state index in [1.807, 2.05) is 77.6 Å². The van der Waals surface area contributed by atoms with Crippen LogP contribution in [-0.4, -0.2) is 41.8 Å². The third-order valence-corrected chi connectivity index (χ3v) is 5.48. The van der Waals surface area contributed by atoms with E-state index in [2.05, 4.69) is 9.88 Å². The number of nitrogens with zero attached hydrogens (tertiary/aromatic N) is 3. The molecule has 2 aromatic heterocycles. The number of carbonyl (C=O) groups excluding carboxylic acids is 1. The summed E-state index contributed by atoms with van der Waals surface area (Å²) in [6.45, 7) is 1.43. The van der Waals surface area contributed by atoms with Crippen LogP contribution < -0.4 is 14.4 Å². The van der Waals surface area contributed by atoms with E-state index in [-0.39, 0.29) is 12.1 Å². The molecule has 0 saturated carbocycles. The lowest BCUT2D eigenvalue weighted by Crippen LogP contribution is -2.54. The van der Waals surface area contributed by atoms with Crippen LogP contribution in [0.4, 0.5) is 5.69 Å². The molecule has 0 radical (unpaired) electrons. The number of hydrogen-bond acceptors (Lipinski definition) is 6. The molecule has 1 saturated heterocycles. The van der Waals surface area contributed by atoms with Crippen molar-refractivity contribution < 1.29 is 19.0 Å². The fourth-order valence-electron chi connectivity index (χ4n) is 3.85. The van der Waals surface area contributed by atoms with Gasteiger partial charge in [0.15, 0.2) is 0 Å². The van der Waals surface area contributed by atoms with E-state index in [0.29, 0.717) is 18.7 Å². The molecule has 0 atom stereocenters. The molecule has 7 heteroatoms. The number of carbonyl (C=O) groups is 1. The fourth-order valence-corrected chi connectivity index (χ4v) is 3.85. The van der Waals surface area contributed by atoms with Crippen molar-refractivity contribution in [1.82, 2.24) is 9.55 Å². The first kappa shape index (κ1) is 20.6. The number of esters is 1. The van der Waals surface area contributed by atoms with Gasteiger partial charge in [-0.3, -0.25) is 4.98 Å². The highest BCUT2D eigenvalue weighted by Crippen LogP contribution is 2.33. The van der Waals surface area contributed by atoms with Gasteiger partial charge in [-0.2, -0.15) is 0 Å². The van der Waals surface area contributed by atoms with Crippen molar-refractivity contribution in [1.29, 1.82) is 0 Å². The first-order valence-corrected chi connectivity index (χ1v) is 10.7. The summed E-state index contributed by atoms with van der Waals surface area (Å²) in [7, 11) is 1.40. The number of anilines is 1. The van der Waals surface area contributed by atoms with Crippen molar-refractivity contribution >= 4 is 11.7 Å². The van der Waals surface area contributed by atoms with Gasteiger partial charge in [0, 0.05) is 24.8 Å². The SMILES string of the molecule is COC(=O)c1cccc(N2CC(Oc3ccc(Oc4ccncc4)cc3)C2)c1-n1cccc1. The van der Waals surface area contributed by atoms with E-state index >= 15 is 0 Å². The van der Waals surface area contributed by atoms with E-state index in [4.69, 9.17) is 14.2 Å². The molecule has 3 heterocycles. The molecular formula is C26H23N3O4. The summed E-state index contributed by atoms with van der Waals surface area (Å²) in [5.74, 6) is 1.90. The molecule has 0 N–H and O–H groups in total. The van der Waals surface area contributed by atoms with Crippen LogP contribution in [0, 0.1) is 0 Å². The molecule has 7 nitrogen and oxygen atoms in total. The molecule has 166 valence electrons. The van der Waals surface area contributed by atoms with Crippen molar-refractivity contribution in [3.63, 3.8) is 0 Å². The predicted octanol–water partition coefficient (Wildman–Crippen LogP) is 4.72. The quantitative estimate of drug-likeness (QED) is 0.387. The molecule has 33 heavy (non-hydrogen) atoms. The Kier molecular flexibility index (Phi) is 5.68. The highest BCUT2D eigenvalue weighted by atomic mass is 16.5. The monoisotopic (exact) mass is 441 g/mol. The first-order chi connectivity index (χ1) is 16.2. The fraction of sp³-hybridized carbons (Fsp3) is 0.154. The predicted molar refractivity (Wildman–Crippen MR) is 124 cm³/mol. The van der Waals surface area contributed by atoms with Crippen LogP contribution in [0.1, 0.15) is 10.4 Å². The van der Waals surface area contributed by atoms with E-state index < -0.39 is 0 Å². The van der Waals surface area contributed by atoms with Crippen molar-refractivity contribution in [3.8, 4) is 22.9 Å². The molecule has 0 spiro atoms. The first-order valence-electron chi connectivity index (χ1n) is 10.7. The van der Waals surface area contributed by atoms with E-state index in [1.165, 1.54) is 7.11 Å². The second kappa shape index (κ2) is 9.08. The second-order valence-corrected chi connectivity index (χ2v) is 7.66. The number of ether oxygens (including phenoxy) is 3. The van der Waals surface area contributed by atoms with Gasteiger partial charge in [0.1, 0.15) is 23.4 Å². The van der Waals surface area contributed by atoms with Crippen LogP contribution in [0.3, 0.4) is 0 Å². The van der Waals surface area contributed by atoms with Crippen molar-refractivity contribution in [2.24, 2.45) is 0 Å². The van der Waals surface area contributed by atoms with Crippen LogP contribution >= 0.6 is 0 Å². The lowest BCUT2D eigenvalue weighted by atomic mass is 10.1. The molecule has 5 rings (SSSR count). The molecule has 1 aliphatic heterocycles. The summed E-state index contributed by atoms with van der Waals surface area (Å²) < 4.78 is 18.9. The lowest BCUT2D eigenvalue weighted by molar-refractivity contribution is 0.0600. The zero-order valence-corrected chi connectivity index (χ0v) is 18.1. The molecule has 0 bridgehead atoms. The van der Waals surface area contributed by atoms with E-state index in [9.17, 15) is 4.79 Å². The maximum Gasteiger partial charge on any atom is 0.340 e. The third kappa shape index (κ3) is 4.39. The lowest BCUT2D eigenvalue weighted by Gasteiger charge is -2.41. The molecule has 0 amide bonds. The van der Waals surface area contributed by atoms with Gasteiger partial charge in [-0.05, 0) is 60.7 Å². The van der Waals surface area contributed by atoms with Crippen molar-refractivity contribution in [2.75, 3.05) is 25.1 Å². The van der Waals surface area contributed by atoms with Gasteiger partial charge < -0.3 is 23.7 Å². The van der Waals surface area contributed by atoms with Crippen molar-refractivity contribution in [2.45, 2.75) is 6.10 Å². The Hall–Kier alpha value is -4.26. The van der Waals surface area contributed by atoms with Gasteiger partial charge in [0.05, 0.1) is 37.1 Å². The van der Waals surface area contributed by atoms with Crippen molar-refractivity contribution in [3.05, 3.63) is 97.1 Å². The minimum absolute atomic E-state index is 0.0521. The van der Waals surface area contributed by atoms with Gasteiger partial charge in [-0.25, -0.2) is 4.79 Å². The average molecular weight is 441 g/mol. The molecule has 0 unspecified atom stereocenters. The molecule has 1 aliphatic rings. The van der Waals surface area contributed by atoms with Gasteiger partial charge in [-0.15, -0.1) is 0 Å². The normalized spacial score (nSPS) is 13.3. The van der Waals surface area contributed by atoms with E-state index in [0.717, 1.165) is 28.6 Å². The minimum Gasteiger partial charge on any atom is -0.487 e. The third-order valence-electron chi connectivity index (χ3n) is 5.48. The Morgan fingerprint density at radius 2 is 1.55 bits per heavy atom. The van der Waals surface area contributed by atoms with Gasteiger partial charge >= 0.3 is 5.97 Å². The summed E-state index contributed by atoms with van der Waals surface area (Å²) in [6, 6.07) is 20.7. The Morgan fingerprint density at radius 3 is 2.24 bits per heavy atom. The number of hydrogen-bond donors (Lipinski definition) is 0. The Labute approximate surface area is 191 Å². The maximum atomic E-state index is 12.4. The number of pyridine rings is 1. The number of benzene rings is 2. The smallest absolute Gasteiger partial charge is 0.340 e. The standard InChI is InChI=1S/C26H23N3O4/c1-31-26(30)23-5-4-6-24(25(23)28-15-2-3-16-28)29-17-22(18-29)33-20-9-7-19(8-10-20)32-21-11-13-27-14-12-21/h2-16,22H,17-18H2,1H3. The molecule has 4 aromatic rings. The van der Waals surface area contributed by atoms with E-state index in [1.54, 1.807) is 18.5 Å². The summed E-state index contributed by atoms with van der Waals surface area (Å²) in [5.41, 5.74) is 2.31. The number of methoxy groups -OCH3 is 1. The van der Waals surface area contributed by atoms with Crippen LogP contribution in [0.25, 0.3) is 5.69 Å². The number of rotatable bonds is 7. The maximum absolute atomic E-state index is 12.4. The molecule has 0 aliphatic carbocycles. The van der Waals surface area contributed by atoms with Crippen LogP contribution in [0.2, 0.25) is 0 Å². The zero-order chi connectivity index (χ0) is 22.6. The zero-order valence-electron chi connectivity index (χ0n) is 18.1. The highest BCUT2D eigenvalue weighted by Gasteiger charge is 2.32. The topological polar surface area (TPSA) is 65.8 Å². The summed E-state index contributed by atoms with van der Waals surface area (Å²) in [4.78, 5) is 18.6. The molecule has 2 aromatic carbocycles. The molecule has 1 fully saturated rings. The highest BCUT2D eigenvalue weighted by molar-refractivity contribution is 5.96. The van der Waals surface area contributed by atoms with Crippen LogP contribution in [-0.2, 0) is 4.74 Å². The second-order valence-electron chi connectivity index (χ2n) is 7.66. The Morgan fingerprint density at radius 1 is 0.879 bits per heavy atom. The van der Waals surface area contributed by atoms with Gasteiger partial charge in [0.25, 0.3) is 0 Å². The van der Waals surface area contributed by atoms with Crippen LogP contribution in [0.15, 0.2) is 91.5 Å². The largest absolute Gasteiger partial charge is 0.487 e. The molecular weight excluding hydrogens is 418 g/mol. The summed E-state index contributed by atoms with van der Waals surface area (Å²) in [6.07, 6.45) is 7.29. The minimum atomic E-state index is -0.358. The van der Waals surface area contributed by atoms with Crippen LogP contribution in [0.5, 0.6) is 17.2 Å². The number of para-hydroxylation sites is 1. The Balaban J connectivity index is 1.26. The summed E-state index contributed by atoms with van der Waals surface area (Å²) >= 11 is 0.